The molecule has 0 aromatic carbocycles. The van der Waals surface area contributed by atoms with Crippen LogP contribution in [0.25, 0.3) is 11.3 Å². The average Bonchev–Trinajstić information content (AvgIpc) is 2.88. The van der Waals surface area contributed by atoms with Gasteiger partial charge in [0.1, 0.15) is 5.01 Å². The van der Waals surface area contributed by atoms with Crippen LogP contribution in [0, 0.1) is 0 Å². The summed E-state index contributed by atoms with van der Waals surface area (Å²) in [6.45, 7) is 3.74. The van der Waals surface area contributed by atoms with Gasteiger partial charge in [0.05, 0.1) is 11.7 Å². The van der Waals surface area contributed by atoms with Crippen LogP contribution >= 0.6 is 36.2 Å². The zero-order valence-corrected chi connectivity index (χ0v) is 14.8. The summed E-state index contributed by atoms with van der Waals surface area (Å²) in [5.41, 5.74) is 7.54. The van der Waals surface area contributed by atoms with Crippen molar-refractivity contribution < 1.29 is 4.79 Å². The predicted octanol–water partition coefficient (Wildman–Crippen LogP) is 2.96. The smallest absolute Gasteiger partial charge is 0.222 e. The Morgan fingerprint density at radius 2 is 1.95 bits per heavy atom. The highest BCUT2D eigenvalue weighted by molar-refractivity contribution is 7.10. The largest absolute Gasteiger partial charge is 0.347 e. The third kappa shape index (κ3) is 5.88. The molecule has 2 heterocycles. The van der Waals surface area contributed by atoms with E-state index >= 15 is 0 Å². The summed E-state index contributed by atoms with van der Waals surface area (Å²) in [4.78, 5) is 20.2. The van der Waals surface area contributed by atoms with Crippen molar-refractivity contribution in [2.75, 3.05) is 0 Å². The molecule has 0 aliphatic carbocycles. The molecule has 2 unspecified atom stereocenters. The minimum atomic E-state index is -0.133. The molecule has 2 aromatic rings. The van der Waals surface area contributed by atoms with Crippen molar-refractivity contribution in [3.05, 3.63) is 34.9 Å². The van der Waals surface area contributed by atoms with Crippen molar-refractivity contribution in [2.45, 2.75) is 32.4 Å². The maximum Gasteiger partial charge on any atom is 0.222 e. The van der Waals surface area contributed by atoms with Gasteiger partial charge >= 0.3 is 0 Å². The number of nitrogens with one attached hydrogen (secondary N) is 1. The first-order valence-corrected chi connectivity index (χ1v) is 7.35. The molecule has 0 radical (unpaired) electrons. The van der Waals surface area contributed by atoms with Gasteiger partial charge in [-0.3, -0.25) is 9.78 Å². The first kappa shape index (κ1) is 20.8. The molecular weight excluding hydrogens is 343 g/mol. The van der Waals surface area contributed by atoms with Crippen LogP contribution in [0.1, 0.15) is 31.3 Å². The molecule has 0 saturated heterocycles. The highest BCUT2D eigenvalue weighted by Gasteiger charge is 2.14. The van der Waals surface area contributed by atoms with Crippen LogP contribution < -0.4 is 11.1 Å². The Morgan fingerprint density at radius 3 is 2.55 bits per heavy atom. The number of nitrogens with zero attached hydrogens (tertiary/aromatic N) is 2. The van der Waals surface area contributed by atoms with Gasteiger partial charge < -0.3 is 11.1 Å². The molecule has 2 rings (SSSR count). The zero-order valence-electron chi connectivity index (χ0n) is 12.4. The predicted molar refractivity (Wildman–Crippen MR) is 94.7 cm³/mol. The molecule has 122 valence electrons. The third-order valence-corrected chi connectivity index (χ3v) is 3.78. The molecule has 2 aromatic heterocycles. The number of pyridine rings is 1. The fourth-order valence-electron chi connectivity index (χ4n) is 1.80. The second-order valence-electron chi connectivity index (χ2n) is 4.78. The first-order valence-electron chi connectivity index (χ1n) is 6.47. The third-order valence-electron chi connectivity index (χ3n) is 2.75. The van der Waals surface area contributed by atoms with Gasteiger partial charge in [-0.05, 0) is 26.0 Å². The lowest BCUT2D eigenvalue weighted by atomic mass is 10.2. The monoisotopic (exact) mass is 362 g/mol. The van der Waals surface area contributed by atoms with Gasteiger partial charge in [0, 0.05) is 35.8 Å². The van der Waals surface area contributed by atoms with Gasteiger partial charge in [-0.1, -0.05) is 0 Å². The summed E-state index contributed by atoms with van der Waals surface area (Å²) in [6.07, 6.45) is 3.80. The number of rotatable bonds is 5. The Balaban J connectivity index is 0.00000220. The van der Waals surface area contributed by atoms with E-state index in [0.717, 1.165) is 16.3 Å². The maximum absolute atomic E-state index is 11.7. The Hall–Kier alpha value is -1.21. The minimum Gasteiger partial charge on any atom is -0.347 e. The van der Waals surface area contributed by atoms with Crippen molar-refractivity contribution in [1.29, 1.82) is 0 Å². The van der Waals surface area contributed by atoms with E-state index in [0.29, 0.717) is 6.42 Å². The van der Waals surface area contributed by atoms with Crippen LogP contribution in [-0.4, -0.2) is 21.9 Å². The number of carbonyl (C=O) groups excluding carboxylic acids is 1. The molecule has 0 bridgehead atoms. The van der Waals surface area contributed by atoms with Crippen molar-refractivity contribution >= 4 is 42.1 Å². The van der Waals surface area contributed by atoms with Crippen LogP contribution in [0.3, 0.4) is 0 Å². The summed E-state index contributed by atoms with van der Waals surface area (Å²) < 4.78 is 0. The first-order chi connectivity index (χ1) is 9.56. The fourth-order valence-corrected chi connectivity index (χ4v) is 2.63. The van der Waals surface area contributed by atoms with Crippen molar-refractivity contribution in [2.24, 2.45) is 5.73 Å². The highest BCUT2D eigenvalue weighted by atomic mass is 35.5. The van der Waals surface area contributed by atoms with Crippen LogP contribution in [0.4, 0.5) is 0 Å². The van der Waals surface area contributed by atoms with E-state index in [2.05, 4.69) is 15.3 Å². The van der Waals surface area contributed by atoms with E-state index in [1.807, 2.05) is 31.4 Å². The number of hydrogen-bond donors (Lipinski definition) is 2. The maximum atomic E-state index is 11.7. The number of nitrogens with two attached hydrogens (primary N) is 1. The molecule has 8 heteroatoms. The number of carbonyl (C=O) groups is 1. The molecule has 1 amide bonds. The normalized spacial score (nSPS) is 12.5. The quantitative estimate of drug-likeness (QED) is 0.856. The Bertz CT molecular complexity index is 577. The Labute approximate surface area is 146 Å². The summed E-state index contributed by atoms with van der Waals surface area (Å²) in [5, 5.41) is 5.78. The van der Waals surface area contributed by atoms with Gasteiger partial charge in [-0.2, -0.15) is 0 Å². The summed E-state index contributed by atoms with van der Waals surface area (Å²) in [7, 11) is 0. The molecular formula is C14H20Cl2N4OS. The zero-order chi connectivity index (χ0) is 14.5. The van der Waals surface area contributed by atoms with Crippen LogP contribution in [0.2, 0.25) is 0 Å². The van der Waals surface area contributed by atoms with E-state index in [4.69, 9.17) is 5.73 Å². The average molecular weight is 363 g/mol. The van der Waals surface area contributed by atoms with Crippen LogP contribution in [0.5, 0.6) is 0 Å². The van der Waals surface area contributed by atoms with E-state index in [9.17, 15) is 4.79 Å². The summed E-state index contributed by atoms with van der Waals surface area (Å²) in [5.74, 6) is -0.0480. The molecule has 5 nitrogen and oxygen atoms in total. The highest BCUT2D eigenvalue weighted by Crippen LogP contribution is 2.24. The van der Waals surface area contributed by atoms with Crippen molar-refractivity contribution in [3.63, 3.8) is 0 Å². The number of aromatic nitrogens is 2. The summed E-state index contributed by atoms with van der Waals surface area (Å²) >= 11 is 1.54. The minimum absolute atomic E-state index is 0. The molecule has 0 saturated carbocycles. The van der Waals surface area contributed by atoms with Gasteiger partial charge in [0.25, 0.3) is 0 Å². The second-order valence-corrected chi connectivity index (χ2v) is 5.67. The summed E-state index contributed by atoms with van der Waals surface area (Å²) in [6, 6.07) is 3.59. The number of thiazole rings is 1. The van der Waals surface area contributed by atoms with Crippen LogP contribution in [-0.2, 0) is 4.79 Å². The lowest BCUT2D eigenvalue weighted by Gasteiger charge is -2.12. The Kier molecular flexibility index (Phi) is 9.20. The number of amides is 1. The number of halogens is 2. The van der Waals surface area contributed by atoms with Gasteiger partial charge in [-0.25, -0.2) is 4.98 Å². The van der Waals surface area contributed by atoms with Gasteiger partial charge in [-0.15, -0.1) is 36.2 Å². The second kappa shape index (κ2) is 9.74. The molecule has 22 heavy (non-hydrogen) atoms. The SMILES string of the molecule is CC(N)CC(=O)NC(C)c1nc(-c2ccncc2)cs1.Cl.Cl. The van der Waals surface area contributed by atoms with Crippen molar-refractivity contribution in [3.8, 4) is 11.3 Å². The molecule has 0 aliphatic heterocycles. The lowest BCUT2D eigenvalue weighted by Crippen LogP contribution is -2.31. The standard InChI is InChI=1S/C14H18N4OS.2ClH/c1-9(15)7-13(19)17-10(2)14-18-12(8-20-14)11-3-5-16-6-4-11;;/h3-6,8-10H,7,15H2,1-2H3,(H,17,19);2*1H. The van der Waals surface area contributed by atoms with E-state index in [1.54, 1.807) is 12.4 Å². The van der Waals surface area contributed by atoms with Crippen molar-refractivity contribution in [1.82, 2.24) is 15.3 Å². The molecule has 0 aliphatic rings. The van der Waals surface area contributed by atoms with Gasteiger partial charge in [0.15, 0.2) is 0 Å². The molecule has 0 fully saturated rings. The molecule has 0 spiro atoms. The van der Waals surface area contributed by atoms with E-state index < -0.39 is 0 Å². The Morgan fingerprint density at radius 1 is 1.32 bits per heavy atom. The topological polar surface area (TPSA) is 80.9 Å². The van der Waals surface area contributed by atoms with E-state index in [-0.39, 0.29) is 42.8 Å². The van der Waals surface area contributed by atoms with Crippen LogP contribution in [0.15, 0.2) is 29.9 Å². The van der Waals surface area contributed by atoms with E-state index in [1.165, 1.54) is 11.3 Å². The fraction of sp³-hybridized carbons (Fsp3) is 0.357. The number of hydrogen-bond acceptors (Lipinski definition) is 5. The molecule has 3 N–H and O–H groups in total. The van der Waals surface area contributed by atoms with Gasteiger partial charge in [0.2, 0.25) is 5.91 Å². The molecule has 2 atom stereocenters. The lowest BCUT2D eigenvalue weighted by molar-refractivity contribution is -0.122.